The van der Waals surface area contributed by atoms with E-state index >= 15 is 0 Å². The number of rotatable bonds is 4. The van der Waals surface area contributed by atoms with Crippen molar-refractivity contribution in [2.24, 2.45) is 17.3 Å². The lowest BCUT2D eigenvalue weighted by Crippen LogP contribution is -2.49. The molecule has 0 aromatic heterocycles. The summed E-state index contributed by atoms with van der Waals surface area (Å²) < 4.78 is 0. The predicted molar refractivity (Wildman–Crippen MR) is 79.0 cm³/mol. The molecule has 3 unspecified atom stereocenters. The third-order valence-corrected chi connectivity index (χ3v) is 5.03. The lowest BCUT2D eigenvalue weighted by Gasteiger charge is -2.33. The van der Waals surface area contributed by atoms with E-state index in [0.717, 1.165) is 44.3 Å². The zero-order valence-corrected chi connectivity index (χ0v) is 12.6. The Bertz CT molecular complexity index is 297. The minimum atomic E-state index is -0.182. The molecule has 0 aromatic rings. The molecule has 0 spiro atoms. The zero-order chi connectivity index (χ0) is 13.7. The molecular weight excluding hydrogens is 236 g/mol. The molecule has 1 aliphatic heterocycles. The third-order valence-electron chi connectivity index (χ3n) is 5.03. The van der Waals surface area contributed by atoms with E-state index in [1.165, 1.54) is 32.1 Å². The fraction of sp³-hybridized carbons (Fsp3) is 0.938. The van der Waals surface area contributed by atoms with Crippen LogP contribution >= 0.6 is 0 Å². The van der Waals surface area contributed by atoms with Gasteiger partial charge in [0.15, 0.2) is 0 Å². The number of carbonyl (C=O) groups is 1. The zero-order valence-electron chi connectivity index (χ0n) is 12.6. The molecule has 2 N–H and O–H groups in total. The summed E-state index contributed by atoms with van der Waals surface area (Å²) in [6, 6.07) is 0. The quantitative estimate of drug-likeness (QED) is 0.821. The SMILES string of the molecule is CC1CCCC(CCNC(=O)C2(C)CCCNC2)C1. The van der Waals surface area contributed by atoms with E-state index < -0.39 is 0 Å². The Morgan fingerprint density at radius 2 is 2.21 bits per heavy atom. The van der Waals surface area contributed by atoms with Crippen molar-refractivity contribution in [3.05, 3.63) is 0 Å². The normalized spacial score (nSPS) is 35.9. The van der Waals surface area contributed by atoms with Gasteiger partial charge in [-0.15, -0.1) is 0 Å². The molecule has 2 aliphatic rings. The Morgan fingerprint density at radius 1 is 1.37 bits per heavy atom. The third kappa shape index (κ3) is 4.20. The smallest absolute Gasteiger partial charge is 0.227 e. The average Bonchev–Trinajstić information content (AvgIpc) is 2.39. The topological polar surface area (TPSA) is 41.1 Å². The molecule has 2 rings (SSSR count). The maximum atomic E-state index is 12.3. The highest BCUT2D eigenvalue weighted by molar-refractivity contribution is 5.82. The van der Waals surface area contributed by atoms with Gasteiger partial charge in [0.2, 0.25) is 5.91 Å². The van der Waals surface area contributed by atoms with Gasteiger partial charge in [-0.05, 0) is 51.0 Å². The van der Waals surface area contributed by atoms with Crippen LogP contribution in [-0.4, -0.2) is 25.5 Å². The van der Waals surface area contributed by atoms with Crippen molar-refractivity contribution < 1.29 is 4.79 Å². The van der Waals surface area contributed by atoms with Crippen molar-refractivity contribution in [2.75, 3.05) is 19.6 Å². The lowest BCUT2D eigenvalue weighted by molar-refractivity contribution is -0.131. The van der Waals surface area contributed by atoms with Gasteiger partial charge in [0.25, 0.3) is 0 Å². The van der Waals surface area contributed by atoms with Gasteiger partial charge < -0.3 is 10.6 Å². The van der Waals surface area contributed by atoms with Crippen LogP contribution in [0.15, 0.2) is 0 Å². The van der Waals surface area contributed by atoms with Crippen LogP contribution < -0.4 is 10.6 Å². The fourth-order valence-corrected chi connectivity index (χ4v) is 3.68. The van der Waals surface area contributed by atoms with E-state index in [4.69, 9.17) is 0 Å². The number of carbonyl (C=O) groups excluding carboxylic acids is 1. The largest absolute Gasteiger partial charge is 0.356 e. The molecule has 0 aromatic carbocycles. The van der Waals surface area contributed by atoms with Gasteiger partial charge in [0.05, 0.1) is 5.41 Å². The van der Waals surface area contributed by atoms with E-state index in [-0.39, 0.29) is 11.3 Å². The van der Waals surface area contributed by atoms with E-state index in [1.807, 2.05) is 0 Å². The maximum absolute atomic E-state index is 12.3. The van der Waals surface area contributed by atoms with Crippen LogP contribution in [0.1, 0.15) is 58.8 Å². The van der Waals surface area contributed by atoms with Crippen LogP contribution in [0.25, 0.3) is 0 Å². The van der Waals surface area contributed by atoms with Gasteiger partial charge in [-0.25, -0.2) is 0 Å². The van der Waals surface area contributed by atoms with Crippen molar-refractivity contribution >= 4 is 5.91 Å². The van der Waals surface area contributed by atoms with Gasteiger partial charge in [-0.1, -0.05) is 26.2 Å². The number of amides is 1. The summed E-state index contributed by atoms with van der Waals surface area (Å²) in [4.78, 5) is 12.3. The van der Waals surface area contributed by atoms with Crippen molar-refractivity contribution in [2.45, 2.75) is 58.8 Å². The highest BCUT2D eigenvalue weighted by Crippen LogP contribution is 2.30. The minimum absolute atomic E-state index is 0.182. The molecule has 2 fully saturated rings. The van der Waals surface area contributed by atoms with Crippen LogP contribution in [0.3, 0.4) is 0 Å². The van der Waals surface area contributed by atoms with Crippen molar-refractivity contribution in [3.8, 4) is 0 Å². The second-order valence-electron chi connectivity index (χ2n) is 7.02. The van der Waals surface area contributed by atoms with E-state index in [1.54, 1.807) is 0 Å². The predicted octanol–water partition coefficient (Wildman–Crippen LogP) is 2.71. The maximum Gasteiger partial charge on any atom is 0.227 e. The molecule has 1 saturated carbocycles. The first-order chi connectivity index (χ1) is 9.10. The second kappa shape index (κ2) is 6.74. The number of nitrogens with one attached hydrogen (secondary N) is 2. The van der Waals surface area contributed by atoms with Crippen molar-refractivity contribution in [1.82, 2.24) is 10.6 Å². The Labute approximate surface area is 117 Å². The van der Waals surface area contributed by atoms with Crippen LogP contribution in [-0.2, 0) is 4.79 Å². The van der Waals surface area contributed by atoms with E-state index in [0.29, 0.717) is 0 Å². The summed E-state index contributed by atoms with van der Waals surface area (Å²) in [5.74, 6) is 1.97. The van der Waals surface area contributed by atoms with Crippen LogP contribution in [0.4, 0.5) is 0 Å². The summed E-state index contributed by atoms with van der Waals surface area (Å²) in [7, 11) is 0. The molecule has 3 nitrogen and oxygen atoms in total. The molecule has 1 aliphatic carbocycles. The van der Waals surface area contributed by atoms with Crippen LogP contribution in [0, 0.1) is 17.3 Å². The standard InChI is InChI=1S/C16H30N2O/c1-13-5-3-6-14(11-13)7-10-18-15(19)16(2)8-4-9-17-12-16/h13-14,17H,3-12H2,1-2H3,(H,18,19). The lowest BCUT2D eigenvalue weighted by atomic mass is 9.80. The van der Waals surface area contributed by atoms with Gasteiger partial charge in [0, 0.05) is 13.1 Å². The molecule has 0 radical (unpaired) electrons. The molecule has 110 valence electrons. The minimum Gasteiger partial charge on any atom is -0.356 e. The molecule has 19 heavy (non-hydrogen) atoms. The van der Waals surface area contributed by atoms with E-state index in [2.05, 4.69) is 24.5 Å². The highest BCUT2D eigenvalue weighted by atomic mass is 16.2. The first kappa shape index (κ1) is 14.8. The summed E-state index contributed by atoms with van der Waals surface area (Å²) in [5.41, 5.74) is -0.182. The number of hydrogen-bond acceptors (Lipinski definition) is 2. The molecule has 1 heterocycles. The second-order valence-corrected chi connectivity index (χ2v) is 7.02. The van der Waals surface area contributed by atoms with Gasteiger partial charge in [0.1, 0.15) is 0 Å². The molecule has 3 heteroatoms. The summed E-state index contributed by atoms with van der Waals surface area (Å²) in [6.07, 6.45) is 8.79. The Morgan fingerprint density at radius 3 is 2.89 bits per heavy atom. The summed E-state index contributed by atoms with van der Waals surface area (Å²) >= 11 is 0. The van der Waals surface area contributed by atoms with E-state index in [9.17, 15) is 4.79 Å². The van der Waals surface area contributed by atoms with Crippen molar-refractivity contribution in [3.63, 3.8) is 0 Å². The number of piperidine rings is 1. The molecule has 3 atom stereocenters. The average molecular weight is 266 g/mol. The Hall–Kier alpha value is -0.570. The fourth-order valence-electron chi connectivity index (χ4n) is 3.68. The highest BCUT2D eigenvalue weighted by Gasteiger charge is 2.34. The molecule has 1 saturated heterocycles. The van der Waals surface area contributed by atoms with Crippen LogP contribution in [0.5, 0.6) is 0 Å². The van der Waals surface area contributed by atoms with Gasteiger partial charge in [-0.3, -0.25) is 4.79 Å². The molecular formula is C16H30N2O. The Kier molecular flexibility index (Phi) is 5.26. The first-order valence-corrected chi connectivity index (χ1v) is 8.09. The Balaban J connectivity index is 1.68. The van der Waals surface area contributed by atoms with Crippen molar-refractivity contribution in [1.29, 1.82) is 0 Å². The summed E-state index contributed by atoms with van der Waals surface area (Å²) in [6.45, 7) is 7.21. The first-order valence-electron chi connectivity index (χ1n) is 8.09. The monoisotopic (exact) mass is 266 g/mol. The number of hydrogen-bond donors (Lipinski definition) is 2. The molecule has 0 bridgehead atoms. The summed E-state index contributed by atoms with van der Waals surface area (Å²) in [5, 5.41) is 6.52. The van der Waals surface area contributed by atoms with Crippen LogP contribution in [0.2, 0.25) is 0 Å². The van der Waals surface area contributed by atoms with Gasteiger partial charge >= 0.3 is 0 Å². The molecule has 1 amide bonds. The van der Waals surface area contributed by atoms with Gasteiger partial charge in [-0.2, -0.15) is 0 Å².